The van der Waals surface area contributed by atoms with Gasteiger partial charge in [0.1, 0.15) is 11.9 Å². The van der Waals surface area contributed by atoms with Crippen LogP contribution in [0.1, 0.15) is 24.6 Å². The summed E-state index contributed by atoms with van der Waals surface area (Å²) in [4.78, 5) is 0. The highest BCUT2D eigenvalue weighted by atomic mass is 19.1. The van der Waals surface area contributed by atoms with Crippen LogP contribution in [0.2, 0.25) is 0 Å². The molecule has 16 heavy (non-hydrogen) atoms. The smallest absolute Gasteiger partial charge is 0.126 e. The van der Waals surface area contributed by atoms with Crippen molar-refractivity contribution in [2.75, 3.05) is 20.2 Å². The maximum atomic E-state index is 14.0. The minimum Gasteiger partial charge on any atom is -0.497 e. The van der Waals surface area contributed by atoms with Crippen LogP contribution >= 0.6 is 0 Å². The summed E-state index contributed by atoms with van der Waals surface area (Å²) in [6.45, 7) is 1.97. The number of halogens is 1. The van der Waals surface area contributed by atoms with Crippen LogP contribution < -0.4 is 10.1 Å². The Morgan fingerprint density at radius 2 is 2.44 bits per heavy atom. The number of hydrogen-bond acceptors (Lipinski definition) is 2. The maximum absolute atomic E-state index is 14.0. The SMILES string of the molecule is COc1cccc(C(F)CC2CCNC2)c1. The van der Waals surface area contributed by atoms with E-state index in [4.69, 9.17) is 4.74 Å². The third-order valence-electron chi connectivity index (χ3n) is 3.16. The van der Waals surface area contributed by atoms with Gasteiger partial charge in [-0.05, 0) is 49.5 Å². The zero-order chi connectivity index (χ0) is 11.4. The molecule has 1 saturated heterocycles. The Labute approximate surface area is 95.8 Å². The molecule has 2 nitrogen and oxygen atoms in total. The van der Waals surface area contributed by atoms with E-state index in [1.165, 1.54) is 0 Å². The Balaban J connectivity index is 1.98. The lowest BCUT2D eigenvalue weighted by atomic mass is 9.97. The van der Waals surface area contributed by atoms with Crippen molar-refractivity contribution in [3.05, 3.63) is 29.8 Å². The zero-order valence-electron chi connectivity index (χ0n) is 9.58. The first-order valence-corrected chi connectivity index (χ1v) is 5.78. The van der Waals surface area contributed by atoms with Gasteiger partial charge < -0.3 is 10.1 Å². The molecule has 3 heteroatoms. The average molecular weight is 223 g/mol. The molecule has 1 N–H and O–H groups in total. The largest absolute Gasteiger partial charge is 0.497 e. The Hall–Kier alpha value is -1.09. The summed E-state index contributed by atoms with van der Waals surface area (Å²) < 4.78 is 19.1. The van der Waals surface area contributed by atoms with Crippen molar-refractivity contribution in [3.63, 3.8) is 0 Å². The predicted octanol–water partition coefficient (Wildman–Crippen LogP) is 2.71. The molecule has 0 spiro atoms. The van der Waals surface area contributed by atoms with Gasteiger partial charge in [-0.15, -0.1) is 0 Å². The average Bonchev–Trinajstić information content (AvgIpc) is 2.82. The van der Waals surface area contributed by atoms with E-state index >= 15 is 0 Å². The number of rotatable bonds is 4. The molecule has 0 saturated carbocycles. The number of hydrogen-bond donors (Lipinski definition) is 1. The molecule has 0 amide bonds. The quantitative estimate of drug-likeness (QED) is 0.847. The van der Waals surface area contributed by atoms with E-state index in [9.17, 15) is 4.39 Å². The fourth-order valence-corrected chi connectivity index (χ4v) is 2.18. The highest BCUT2D eigenvalue weighted by Crippen LogP contribution is 2.29. The van der Waals surface area contributed by atoms with Crippen LogP contribution in [0.4, 0.5) is 4.39 Å². The molecule has 1 aromatic carbocycles. The van der Waals surface area contributed by atoms with E-state index in [2.05, 4.69) is 5.32 Å². The number of nitrogens with one attached hydrogen (secondary N) is 1. The van der Waals surface area contributed by atoms with Gasteiger partial charge in [0, 0.05) is 0 Å². The molecule has 1 aliphatic heterocycles. The number of alkyl halides is 1. The molecule has 0 bridgehead atoms. The van der Waals surface area contributed by atoms with Gasteiger partial charge in [-0.25, -0.2) is 4.39 Å². The highest BCUT2D eigenvalue weighted by Gasteiger charge is 2.20. The van der Waals surface area contributed by atoms with Gasteiger partial charge in [0.15, 0.2) is 0 Å². The van der Waals surface area contributed by atoms with Crippen molar-refractivity contribution in [2.45, 2.75) is 19.0 Å². The third-order valence-corrected chi connectivity index (χ3v) is 3.16. The van der Waals surface area contributed by atoms with Gasteiger partial charge in [0.2, 0.25) is 0 Å². The first kappa shape index (κ1) is 11.4. The predicted molar refractivity (Wildman–Crippen MR) is 62.4 cm³/mol. The van der Waals surface area contributed by atoms with E-state index in [0.717, 1.165) is 30.8 Å². The van der Waals surface area contributed by atoms with Crippen molar-refractivity contribution >= 4 is 0 Å². The maximum Gasteiger partial charge on any atom is 0.126 e. The number of benzene rings is 1. The summed E-state index contributed by atoms with van der Waals surface area (Å²) in [7, 11) is 1.60. The van der Waals surface area contributed by atoms with Gasteiger partial charge in [0.05, 0.1) is 7.11 Å². The molecule has 1 aromatic rings. The van der Waals surface area contributed by atoms with E-state index in [1.54, 1.807) is 13.2 Å². The van der Waals surface area contributed by atoms with Gasteiger partial charge in [-0.2, -0.15) is 0 Å². The second-order valence-corrected chi connectivity index (χ2v) is 4.34. The van der Waals surface area contributed by atoms with Crippen molar-refractivity contribution in [1.29, 1.82) is 0 Å². The Morgan fingerprint density at radius 3 is 3.12 bits per heavy atom. The van der Waals surface area contributed by atoms with Gasteiger partial charge >= 0.3 is 0 Å². The molecule has 0 radical (unpaired) electrons. The lowest BCUT2D eigenvalue weighted by molar-refractivity contribution is 0.280. The van der Waals surface area contributed by atoms with Crippen LogP contribution in [0.25, 0.3) is 0 Å². The normalized spacial score (nSPS) is 22.0. The monoisotopic (exact) mass is 223 g/mol. The fraction of sp³-hybridized carbons (Fsp3) is 0.538. The molecule has 0 aliphatic carbocycles. The molecule has 88 valence electrons. The summed E-state index contributed by atoms with van der Waals surface area (Å²) in [5, 5.41) is 3.26. The molecular weight excluding hydrogens is 205 g/mol. The summed E-state index contributed by atoms with van der Waals surface area (Å²) in [6, 6.07) is 7.30. The summed E-state index contributed by atoms with van der Waals surface area (Å²) >= 11 is 0. The minimum atomic E-state index is -0.875. The highest BCUT2D eigenvalue weighted by molar-refractivity contribution is 5.29. The Kier molecular flexibility index (Phi) is 3.78. The first-order chi connectivity index (χ1) is 7.79. The van der Waals surface area contributed by atoms with Gasteiger partial charge in [-0.1, -0.05) is 12.1 Å². The molecule has 1 aliphatic rings. The van der Waals surface area contributed by atoms with Crippen molar-refractivity contribution < 1.29 is 9.13 Å². The summed E-state index contributed by atoms with van der Waals surface area (Å²) in [5.74, 6) is 1.20. The van der Waals surface area contributed by atoms with Gasteiger partial charge in [0.25, 0.3) is 0 Å². The van der Waals surface area contributed by atoms with Crippen molar-refractivity contribution in [2.24, 2.45) is 5.92 Å². The Bertz CT molecular complexity index is 336. The minimum absolute atomic E-state index is 0.473. The van der Waals surface area contributed by atoms with E-state index < -0.39 is 6.17 Å². The number of ether oxygens (including phenoxy) is 1. The summed E-state index contributed by atoms with van der Waals surface area (Å²) in [6.07, 6.45) is 0.824. The van der Waals surface area contributed by atoms with E-state index in [-0.39, 0.29) is 0 Å². The van der Waals surface area contributed by atoms with E-state index in [0.29, 0.717) is 12.3 Å². The molecular formula is C13H18FNO. The van der Waals surface area contributed by atoms with Crippen molar-refractivity contribution in [3.8, 4) is 5.75 Å². The van der Waals surface area contributed by atoms with Crippen LogP contribution in [0.15, 0.2) is 24.3 Å². The third kappa shape index (κ3) is 2.73. The summed E-state index contributed by atoms with van der Waals surface area (Å²) in [5.41, 5.74) is 0.728. The second kappa shape index (κ2) is 5.30. The lowest BCUT2D eigenvalue weighted by Gasteiger charge is -2.13. The second-order valence-electron chi connectivity index (χ2n) is 4.34. The van der Waals surface area contributed by atoms with Crippen LogP contribution in [-0.2, 0) is 0 Å². The zero-order valence-corrected chi connectivity index (χ0v) is 9.58. The van der Waals surface area contributed by atoms with Crippen LogP contribution in [-0.4, -0.2) is 20.2 Å². The molecule has 2 rings (SSSR count). The topological polar surface area (TPSA) is 21.3 Å². The van der Waals surface area contributed by atoms with Crippen LogP contribution in [0.5, 0.6) is 5.75 Å². The Morgan fingerprint density at radius 1 is 1.56 bits per heavy atom. The van der Waals surface area contributed by atoms with E-state index in [1.807, 2.05) is 18.2 Å². The number of methoxy groups -OCH3 is 1. The molecule has 1 heterocycles. The standard InChI is InChI=1S/C13H18FNO/c1-16-12-4-2-3-11(8-12)13(14)7-10-5-6-15-9-10/h2-4,8,10,13,15H,5-7,9H2,1H3. The molecule has 2 unspecified atom stereocenters. The molecule has 1 fully saturated rings. The first-order valence-electron chi connectivity index (χ1n) is 5.78. The van der Waals surface area contributed by atoms with Crippen LogP contribution in [0, 0.1) is 5.92 Å². The fourth-order valence-electron chi connectivity index (χ4n) is 2.18. The van der Waals surface area contributed by atoms with Crippen molar-refractivity contribution in [1.82, 2.24) is 5.32 Å². The lowest BCUT2D eigenvalue weighted by Crippen LogP contribution is -2.10. The molecule has 0 aromatic heterocycles. The van der Waals surface area contributed by atoms with Gasteiger partial charge in [-0.3, -0.25) is 0 Å². The molecule has 2 atom stereocenters. The van der Waals surface area contributed by atoms with Crippen LogP contribution in [0.3, 0.4) is 0 Å².